The van der Waals surface area contributed by atoms with Crippen LogP contribution in [-0.4, -0.2) is 12.2 Å². The normalized spacial score (nSPS) is 28.4. The number of nitrogens with two attached hydrogens (primary N) is 1. The van der Waals surface area contributed by atoms with E-state index in [0.717, 1.165) is 19.3 Å². The van der Waals surface area contributed by atoms with Crippen molar-refractivity contribution in [1.29, 1.82) is 0 Å². The molecular weight excluding hydrogens is 189 g/mol. The van der Waals surface area contributed by atoms with Gasteiger partial charge in [-0.3, -0.25) is 4.39 Å². The van der Waals surface area contributed by atoms with Crippen LogP contribution in [0.5, 0.6) is 0 Å². The standard InChI is InChI=1S/C13H24FN/c14-10-12(9-13(15)7-8-13)11-5-3-1-2-4-6-11/h11-12H,1-10,15H2. The van der Waals surface area contributed by atoms with E-state index in [1.54, 1.807) is 0 Å². The third-order valence-electron chi connectivity index (χ3n) is 4.33. The Labute approximate surface area is 92.6 Å². The van der Waals surface area contributed by atoms with E-state index in [1.807, 2.05) is 0 Å². The highest BCUT2D eigenvalue weighted by Gasteiger charge is 2.41. The number of rotatable bonds is 4. The summed E-state index contributed by atoms with van der Waals surface area (Å²) in [5, 5.41) is 0. The highest BCUT2D eigenvalue weighted by atomic mass is 19.1. The van der Waals surface area contributed by atoms with Crippen LogP contribution in [0.15, 0.2) is 0 Å². The average molecular weight is 213 g/mol. The highest BCUT2D eigenvalue weighted by Crippen LogP contribution is 2.42. The predicted molar refractivity (Wildman–Crippen MR) is 61.4 cm³/mol. The molecule has 2 rings (SSSR count). The molecule has 0 aromatic rings. The van der Waals surface area contributed by atoms with Crippen molar-refractivity contribution >= 4 is 0 Å². The van der Waals surface area contributed by atoms with Crippen LogP contribution in [0.2, 0.25) is 0 Å². The summed E-state index contributed by atoms with van der Waals surface area (Å²) in [7, 11) is 0. The van der Waals surface area contributed by atoms with E-state index >= 15 is 0 Å². The van der Waals surface area contributed by atoms with Gasteiger partial charge in [-0.25, -0.2) is 0 Å². The zero-order valence-electron chi connectivity index (χ0n) is 9.68. The van der Waals surface area contributed by atoms with E-state index in [-0.39, 0.29) is 18.1 Å². The van der Waals surface area contributed by atoms with Crippen molar-refractivity contribution in [2.75, 3.05) is 6.67 Å². The third-order valence-corrected chi connectivity index (χ3v) is 4.33. The van der Waals surface area contributed by atoms with Gasteiger partial charge in [-0.05, 0) is 31.1 Å². The molecule has 2 aliphatic carbocycles. The molecule has 1 nitrogen and oxygen atoms in total. The molecule has 88 valence electrons. The lowest BCUT2D eigenvalue weighted by Gasteiger charge is -2.26. The van der Waals surface area contributed by atoms with Crippen molar-refractivity contribution in [1.82, 2.24) is 0 Å². The predicted octanol–water partition coefficient (Wildman–Crippen LogP) is 3.42. The van der Waals surface area contributed by atoms with Gasteiger partial charge in [0.25, 0.3) is 0 Å². The van der Waals surface area contributed by atoms with Crippen molar-refractivity contribution in [3.63, 3.8) is 0 Å². The summed E-state index contributed by atoms with van der Waals surface area (Å²) in [4.78, 5) is 0. The first-order valence-corrected chi connectivity index (χ1v) is 6.58. The molecule has 15 heavy (non-hydrogen) atoms. The lowest BCUT2D eigenvalue weighted by molar-refractivity contribution is 0.209. The highest BCUT2D eigenvalue weighted by molar-refractivity contribution is 5.00. The van der Waals surface area contributed by atoms with Crippen LogP contribution in [-0.2, 0) is 0 Å². The lowest BCUT2D eigenvalue weighted by Crippen LogP contribution is -2.30. The Hall–Kier alpha value is -0.110. The lowest BCUT2D eigenvalue weighted by atomic mass is 9.82. The fourth-order valence-electron chi connectivity index (χ4n) is 3.02. The molecule has 0 aromatic carbocycles. The molecule has 0 bridgehead atoms. The molecule has 0 aromatic heterocycles. The quantitative estimate of drug-likeness (QED) is 0.711. The van der Waals surface area contributed by atoms with Gasteiger partial charge in [0, 0.05) is 5.54 Å². The first kappa shape index (κ1) is 11.4. The van der Waals surface area contributed by atoms with Gasteiger partial charge < -0.3 is 5.73 Å². The summed E-state index contributed by atoms with van der Waals surface area (Å²) in [6.45, 7) is -0.149. The largest absolute Gasteiger partial charge is 0.325 e. The SMILES string of the molecule is NC1(CC(CF)C2CCCCCC2)CC1. The maximum Gasteiger partial charge on any atom is 0.0925 e. The molecule has 2 fully saturated rings. The summed E-state index contributed by atoms with van der Waals surface area (Å²) in [5.74, 6) is 0.883. The molecule has 1 atom stereocenters. The molecule has 0 spiro atoms. The van der Waals surface area contributed by atoms with Crippen LogP contribution in [0.1, 0.15) is 57.8 Å². The molecule has 1 unspecified atom stereocenters. The van der Waals surface area contributed by atoms with Crippen molar-refractivity contribution in [3.8, 4) is 0 Å². The zero-order chi connectivity index (χ0) is 10.7. The minimum absolute atomic E-state index is 0.0308. The molecule has 0 amide bonds. The summed E-state index contributed by atoms with van der Waals surface area (Å²) in [5.41, 5.74) is 6.13. The van der Waals surface area contributed by atoms with Crippen LogP contribution < -0.4 is 5.73 Å². The van der Waals surface area contributed by atoms with E-state index in [4.69, 9.17) is 5.73 Å². The van der Waals surface area contributed by atoms with Crippen LogP contribution in [0.4, 0.5) is 4.39 Å². The van der Waals surface area contributed by atoms with Crippen molar-refractivity contribution in [3.05, 3.63) is 0 Å². The van der Waals surface area contributed by atoms with E-state index in [0.29, 0.717) is 5.92 Å². The first-order chi connectivity index (χ1) is 7.23. The molecule has 2 N–H and O–H groups in total. The molecule has 0 saturated heterocycles. The molecule has 2 saturated carbocycles. The Morgan fingerprint density at radius 1 is 1.13 bits per heavy atom. The fraction of sp³-hybridized carbons (Fsp3) is 1.00. The van der Waals surface area contributed by atoms with Crippen molar-refractivity contribution < 1.29 is 4.39 Å². The van der Waals surface area contributed by atoms with Crippen LogP contribution in [0.3, 0.4) is 0 Å². The monoisotopic (exact) mass is 213 g/mol. The second-order valence-electron chi connectivity index (χ2n) is 5.73. The van der Waals surface area contributed by atoms with Crippen molar-refractivity contribution in [2.24, 2.45) is 17.6 Å². The molecule has 0 aliphatic heterocycles. The summed E-state index contributed by atoms with van der Waals surface area (Å²) < 4.78 is 13.1. The average Bonchev–Trinajstić information content (AvgIpc) is 2.99. The third kappa shape index (κ3) is 3.17. The van der Waals surface area contributed by atoms with Gasteiger partial charge in [0.05, 0.1) is 6.67 Å². The molecular formula is C13H24FN. The van der Waals surface area contributed by atoms with Gasteiger partial charge >= 0.3 is 0 Å². The second kappa shape index (κ2) is 4.82. The number of hydrogen-bond donors (Lipinski definition) is 1. The van der Waals surface area contributed by atoms with E-state index in [2.05, 4.69) is 0 Å². The molecule has 2 aliphatic rings. The first-order valence-electron chi connectivity index (χ1n) is 6.58. The Morgan fingerprint density at radius 2 is 1.73 bits per heavy atom. The minimum Gasteiger partial charge on any atom is -0.325 e. The fourth-order valence-corrected chi connectivity index (χ4v) is 3.02. The van der Waals surface area contributed by atoms with Gasteiger partial charge in [0.1, 0.15) is 0 Å². The van der Waals surface area contributed by atoms with Gasteiger partial charge in [-0.1, -0.05) is 38.5 Å². The van der Waals surface area contributed by atoms with E-state index in [1.165, 1.54) is 38.5 Å². The molecule has 2 heteroatoms. The Kier molecular flexibility index (Phi) is 3.65. The molecule has 0 radical (unpaired) electrons. The summed E-state index contributed by atoms with van der Waals surface area (Å²) in [6.07, 6.45) is 11.0. The maximum absolute atomic E-state index is 13.1. The van der Waals surface area contributed by atoms with Gasteiger partial charge in [-0.15, -0.1) is 0 Å². The minimum atomic E-state index is -0.149. The number of alkyl halides is 1. The van der Waals surface area contributed by atoms with Gasteiger partial charge in [-0.2, -0.15) is 0 Å². The van der Waals surface area contributed by atoms with Crippen LogP contribution >= 0.6 is 0 Å². The van der Waals surface area contributed by atoms with Gasteiger partial charge in [0.2, 0.25) is 0 Å². The summed E-state index contributed by atoms with van der Waals surface area (Å²) >= 11 is 0. The van der Waals surface area contributed by atoms with Crippen molar-refractivity contribution in [2.45, 2.75) is 63.3 Å². The summed E-state index contributed by atoms with van der Waals surface area (Å²) in [6, 6.07) is 0. The smallest absolute Gasteiger partial charge is 0.0925 e. The van der Waals surface area contributed by atoms with E-state index < -0.39 is 0 Å². The molecule has 0 heterocycles. The zero-order valence-corrected chi connectivity index (χ0v) is 9.68. The van der Waals surface area contributed by atoms with Crippen LogP contribution in [0.25, 0.3) is 0 Å². The second-order valence-corrected chi connectivity index (χ2v) is 5.73. The number of hydrogen-bond acceptors (Lipinski definition) is 1. The van der Waals surface area contributed by atoms with E-state index in [9.17, 15) is 4.39 Å². The topological polar surface area (TPSA) is 26.0 Å². The number of halogens is 1. The van der Waals surface area contributed by atoms with Crippen LogP contribution in [0, 0.1) is 11.8 Å². The Morgan fingerprint density at radius 3 is 2.20 bits per heavy atom. The Balaban J connectivity index is 1.86. The Bertz CT molecular complexity index is 193. The van der Waals surface area contributed by atoms with Gasteiger partial charge in [0.15, 0.2) is 0 Å². The maximum atomic E-state index is 13.1.